The molecule has 1 saturated heterocycles. The first-order chi connectivity index (χ1) is 12.0. The van der Waals surface area contributed by atoms with Crippen molar-refractivity contribution in [1.82, 2.24) is 20.5 Å². The molecular formula is C19H26N4OS. The second-order valence-electron chi connectivity index (χ2n) is 6.65. The lowest BCUT2D eigenvalue weighted by Crippen LogP contribution is -2.49. The number of aryl methyl sites for hydroxylation is 2. The fourth-order valence-corrected chi connectivity index (χ4v) is 4.15. The molecule has 1 atom stereocenters. The Balaban J connectivity index is 1.65. The summed E-state index contributed by atoms with van der Waals surface area (Å²) in [6.45, 7) is 11.1. The van der Waals surface area contributed by atoms with Gasteiger partial charge in [0.2, 0.25) is 0 Å². The third kappa shape index (κ3) is 4.66. The van der Waals surface area contributed by atoms with Crippen LogP contribution in [0.2, 0.25) is 0 Å². The quantitative estimate of drug-likeness (QED) is 0.862. The topological polar surface area (TPSA) is 57.3 Å². The molecule has 2 heterocycles. The van der Waals surface area contributed by atoms with Gasteiger partial charge in [-0.05, 0) is 38.5 Å². The summed E-state index contributed by atoms with van der Waals surface area (Å²) in [4.78, 5) is 20.6. The molecule has 1 amide bonds. The number of rotatable bonds is 5. The highest BCUT2D eigenvalue weighted by Crippen LogP contribution is 2.30. The van der Waals surface area contributed by atoms with Crippen LogP contribution in [0.25, 0.3) is 10.4 Å². The molecule has 25 heavy (non-hydrogen) atoms. The third-order valence-corrected chi connectivity index (χ3v) is 5.53. The predicted molar refractivity (Wildman–Crippen MR) is 103 cm³/mol. The van der Waals surface area contributed by atoms with E-state index in [1.54, 1.807) is 11.3 Å². The van der Waals surface area contributed by atoms with E-state index in [0.29, 0.717) is 5.56 Å². The van der Waals surface area contributed by atoms with Gasteiger partial charge in [-0.25, -0.2) is 4.98 Å². The van der Waals surface area contributed by atoms with Crippen LogP contribution in [0, 0.1) is 13.8 Å². The molecule has 3 rings (SSSR count). The molecular weight excluding hydrogens is 332 g/mol. The van der Waals surface area contributed by atoms with Crippen LogP contribution in [0.4, 0.5) is 0 Å². The maximum Gasteiger partial charge on any atom is 0.251 e. The molecule has 6 heteroatoms. The zero-order valence-electron chi connectivity index (χ0n) is 15.1. The molecule has 1 aliphatic rings. The Labute approximate surface area is 153 Å². The number of aromatic nitrogens is 1. The first-order valence-corrected chi connectivity index (χ1v) is 9.63. The van der Waals surface area contributed by atoms with Crippen molar-refractivity contribution in [2.24, 2.45) is 0 Å². The highest BCUT2D eigenvalue weighted by atomic mass is 32.1. The van der Waals surface area contributed by atoms with Gasteiger partial charge in [-0.15, -0.1) is 11.3 Å². The van der Waals surface area contributed by atoms with Crippen LogP contribution in [0.15, 0.2) is 24.3 Å². The number of carbonyl (C=O) groups is 1. The molecule has 2 N–H and O–H groups in total. The van der Waals surface area contributed by atoms with Crippen molar-refractivity contribution in [3.63, 3.8) is 0 Å². The zero-order valence-corrected chi connectivity index (χ0v) is 15.9. The third-order valence-electron chi connectivity index (χ3n) is 4.41. The minimum atomic E-state index is -0.0108. The lowest BCUT2D eigenvalue weighted by atomic mass is 10.1. The highest BCUT2D eigenvalue weighted by Gasteiger charge is 2.16. The Kier molecular flexibility index (Phi) is 5.83. The van der Waals surface area contributed by atoms with E-state index < -0.39 is 0 Å². The maximum atomic E-state index is 12.6. The molecule has 1 aromatic heterocycles. The van der Waals surface area contributed by atoms with E-state index in [1.807, 2.05) is 38.1 Å². The predicted octanol–water partition coefficient (Wildman–Crippen LogP) is 2.45. The average Bonchev–Trinajstić information content (AvgIpc) is 2.94. The number of hydrogen-bond donors (Lipinski definition) is 2. The summed E-state index contributed by atoms with van der Waals surface area (Å²) in [5.74, 6) is -0.0108. The summed E-state index contributed by atoms with van der Waals surface area (Å²) in [6.07, 6.45) is 0. The summed E-state index contributed by atoms with van der Waals surface area (Å²) in [5.41, 5.74) is 2.78. The molecule has 5 nitrogen and oxygen atoms in total. The maximum absolute atomic E-state index is 12.6. The molecule has 2 aromatic rings. The molecule has 1 aromatic carbocycles. The van der Waals surface area contributed by atoms with E-state index in [2.05, 4.69) is 27.4 Å². The molecule has 0 radical (unpaired) electrons. The van der Waals surface area contributed by atoms with Gasteiger partial charge >= 0.3 is 0 Å². The van der Waals surface area contributed by atoms with Gasteiger partial charge in [0.1, 0.15) is 0 Å². The average molecular weight is 359 g/mol. The van der Waals surface area contributed by atoms with E-state index in [-0.39, 0.29) is 11.9 Å². The number of carbonyl (C=O) groups excluding carboxylic acids is 1. The number of amides is 1. The van der Waals surface area contributed by atoms with Crippen LogP contribution in [0.3, 0.4) is 0 Å². The molecule has 0 spiro atoms. The molecule has 1 fully saturated rings. The summed E-state index contributed by atoms with van der Waals surface area (Å²) in [7, 11) is 0. The van der Waals surface area contributed by atoms with Crippen molar-refractivity contribution >= 4 is 17.2 Å². The van der Waals surface area contributed by atoms with Crippen molar-refractivity contribution in [3.8, 4) is 10.4 Å². The normalized spacial score (nSPS) is 16.6. The minimum Gasteiger partial charge on any atom is -0.348 e. The summed E-state index contributed by atoms with van der Waals surface area (Å²) >= 11 is 1.67. The van der Waals surface area contributed by atoms with E-state index in [0.717, 1.165) is 53.9 Å². The largest absolute Gasteiger partial charge is 0.348 e. The molecule has 0 aliphatic carbocycles. The van der Waals surface area contributed by atoms with E-state index in [9.17, 15) is 4.79 Å². The number of piperazine rings is 1. The van der Waals surface area contributed by atoms with Gasteiger partial charge in [-0.1, -0.05) is 12.1 Å². The lowest BCUT2D eigenvalue weighted by Gasteiger charge is -2.29. The van der Waals surface area contributed by atoms with Crippen LogP contribution < -0.4 is 10.6 Å². The van der Waals surface area contributed by atoms with Gasteiger partial charge in [0.05, 0.1) is 15.6 Å². The molecule has 134 valence electrons. The first kappa shape index (κ1) is 18.0. The Bertz CT molecular complexity index is 737. The van der Waals surface area contributed by atoms with Gasteiger partial charge in [-0.2, -0.15) is 0 Å². The Morgan fingerprint density at radius 2 is 2.12 bits per heavy atom. The van der Waals surface area contributed by atoms with E-state index >= 15 is 0 Å². The second-order valence-corrected chi connectivity index (χ2v) is 7.86. The molecule has 0 bridgehead atoms. The highest BCUT2D eigenvalue weighted by molar-refractivity contribution is 7.15. The van der Waals surface area contributed by atoms with Crippen molar-refractivity contribution in [2.75, 3.05) is 32.7 Å². The number of thiazole rings is 1. The van der Waals surface area contributed by atoms with Crippen LogP contribution in [-0.4, -0.2) is 54.6 Å². The fraction of sp³-hybridized carbons (Fsp3) is 0.474. The number of hydrogen-bond acceptors (Lipinski definition) is 5. The van der Waals surface area contributed by atoms with Crippen molar-refractivity contribution in [3.05, 3.63) is 40.5 Å². The van der Waals surface area contributed by atoms with Crippen molar-refractivity contribution in [1.29, 1.82) is 0 Å². The standard InChI is InChI=1S/C19H26N4OS/c1-13(12-23-9-7-20-8-10-23)21-19(24)17-6-4-5-16(11-17)18-14(2)22-15(3)25-18/h4-6,11,13,20H,7-10,12H2,1-3H3,(H,21,24)/t13-/m0/s1. The molecule has 0 saturated carbocycles. The van der Waals surface area contributed by atoms with Gasteiger partial charge in [0.15, 0.2) is 0 Å². The Morgan fingerprint density at radius 1 is 1.36 bits per heavy atom. The summed E-state index contributed by atoms with van der Waals surface area (Å²) < 4.78 is 0. The second kappa shape index (κ2) is 8.08. The Morgan fingerprint density at radius 3 is 2.80 bits per heavy atom. The van der Waals surface area contributed by atoms with Gasteiger partial charge in [-0.3, -0.25) is 9.69 Å². The lowest BCUT2D eigenvalue weighted by molar-refractivity contribution is 0.0927. The molecule has 1 aliphatic heterocycles. The Hall–Kier alpha value is -1.76. The first-order valence-electron chi connectivity index (χ1n) is 8.81. The monoisotopic (exact) mass is 358 g/mol. The minimum absolute atomic E-state index is 0.0108. The summed E-state index contributed by atoms with van der Waals surface area (Å²) in [5, 5.41) is 7.53. The van der Waals surface area contributed by atoms with Crippen LogP contribution in [0.1, 0.15) is 28.0 Å². The summed E-state index contributed by atoms with van der Waals surface area (Å²) in [6, 6.07) is 7.95. The van der Waals surface area contributed by atoms with Crippen LogP contribution >= 0.6 is 11.3 Å². The number of nitrogens with zero attached hydrogens (tertiary/aromatic N) is 2. The van der Waals surface area contributed by atoms with Crippen LogP contribution in [-0.2, 0) is 0 Å². The van der Waals surface area contributed by atoms with Crippen LogP contribution in [0.5, 0.6) is 0 Å². The van der Waals surface area contributed by atoms with Gasteiger partial charge < -0.3 is 10.6 Å². The fourth-order valence-electron chi connectivity index (χ4n) is 3.23. The van der Waals surface area contributed by atoms with Crippen molar-refractivity contribution in [2.45, 2.75) is 26.8 Å². The smallest absolute Gasteiger partial charge is 0.251 e. The zero-order chi connectivity index (χ0) is 17.8. The van der Waals surface area contributed by atoms with Gasteiger partial charge in [0, 0.05) is 44.3 Å². The van der Waals surface area contributed by atoms with E-state index in [4.69, 9.17) is 0 Å². The van der Waals surface area contributed by atoms with Crippen molar-refractivity contribution < 1.29 is 4.79 Å². The SMILES string of the molecule is Cc1nc(C)c(-c2cccc(C(=O)N[C@@H](C)CN3CCNCC3)c2)s1. The number of benzene rings is 1. The van der Waals surface area contributed by atoms with Gasteiger partial charge in [0.25, 0.3) is 5.91 Å². The number of nitrogens with one attached hydrogen (secondary N) is 2. The van der Waals surface area contributed by atoms with E-state index in [1.165, 1.54) is 0 Å². The molecule has 0 unspecified atom stereocenters.